The molecular formula is C23H21N3O2. The maximum atomic E-state index is 12.1. The monoisotopic (exact) mass is 371 g/mol. The van der Waals surface area contributed by atoms with Crippen molar-refractivity contribution in [3.05, 3.63) is 101 Å². The maximum absolute atomic E-state index is 12.1. The summed E-state index contributed by atoms with van der Waals surface area (Å²) in [6, 6.07) is 18.7. The molecule has 1 aromatic heterocycles. The number of hydrogen-bond acceptors (Lipinski definition) is 3. The van der Waals surface area contributed by atoms with Gasteiger partial charge >= 0.3 is 0 Å². The Labute approximate surface area is 164 Å². The Bertz CT molecular complexity index is 980. The molecule has 0 saturated carbocycles. The first-order chi connectivity index (χ1) is 13.6. The Morgan fingerprint density at radius 3 is 2.50 bits per heavy atom. The van der Waals surface area contributed by atoms with E-state index in [4.69, 9.17) is 0 Å². The zero-order valence-corrected chi connectivity index (χ0v) is 15.6. The summed E-state index contributed by atoms with van der Waals surface area (Å²) in [5.41, 5.74) is 4.28. The number of pyridine rings is 1. The van der Waals surface area contributed by atoms with Crippen LogP contribution in [0.4, 0.5) is 5.69 Å². The quantitative estimate of drug-likeness (QED) is 0.644. The number of benzene rings is 2. The van der Waals surface area contributed by atoms with Crippen molar-refractivity contribution in [2.75, 3.05) is 5.32 Å². The van der Waals surface area contributed by atoms with Crippen molar-refractivity contribution < 1.29 is 9.59 Å². The Hall–Kier alpha value is -3.73. The van der Waals surface area contributed by atoms with E-state index in [1.165, 1.54) is 12.3 Å². The topological polar surface area (TPSA) is 71.1 Å². The molecule has 0 aliphatic heterocycles. The van der Waals surface area contributed by atoms with Crippen LogP contribution in [0.2, 0.25) is 0 Å². The van der Waals surface area contributed by atoms with Crippen LogP contribution in [0.25, 0.3) is 6.08 Å². The van der Waals surface area contributed by atoms with Crippen molar-refractivity contribution in [3.63, 3.8) is 0 Å². The summed E-state index contributed by atoms with van der Waals surface area (Å²) in [7, 11) is 0. The average Bonchev–Trinajstić information content (AvgIpc) is 2.73. The number of nitrogens with one attached hydrogen (secondary N) is 2. The van der Waals surface area contributed by atoms with E-state index in [1.54, 1.807) is 24.4 Å². The van der Waals surface area contributed by atoms with E-state index in [1.807, 2.05) is 55.5 Å². The second-order valence-corrected chi connectivity index (χ2v) is 6.30. The van der Waals surface area contributed by atoms with Crippen molar-refractivity contribution >= 4 is 23.6 Å². The predicted octanol–water partition coefficient (Wildman–Crippen LogP) is 3.97. The van der Waals surface area contributed by atoms with Crippen LogP contribution >= 0.6 is 0 Å². The lowest BCUT2D eigenvalue weighted by Gasteiger charge is -2.07. The summed E-state index contributed by atoms with van der Waals surface area (Å²) >= 11 is 0. The largest absolute Gasteiger partial charge is 0.348 e. The molecule has 0 aliphatic carbocycles. The van der Waals surface area contributed by atoms with Crippen LogP contribution in [-0.2, 0) is 11.3 Å². The highest BCUT2D eigenvalue weighted by Crippen LogP contribution is 2.12. The molecule has 0 fully saturated rings. The number of carbonyl (C=O) groups is 2. The van der Waals surface area contributed by atoms with Gasteiger partial charge in [0.15, 0.2) is 0 Å². The van der Waals surface area contributed by atoms with E-state index in [2.05, 4.69) is 15.6 Å². The summed E-state index contributed by atoms with van der Waals surface area (Å²) in [6.07, 6.45) is 6.47. The fourth-order valence-corrected chi connectivity index (χ4v) is 2.61. The van der Waals surface area contributed by atoms with Crippen molar-refractivity contribution in [2.45, 2.75) is 13.5 Å². The Balaban J connectivity index is 1.52. The molecule has 140 valence electrons. The summed E-state index contributed by atoms with van der Waals surface area (Å²) in [6.45, 7) is 2.40. The maximum Gasteiger partial charge on any atom is 0.253 e. The van der Waals surface area contributed by atoms with Gasteiger partial charge in [0.05, 0.1) is 5.56 Å². The molecule has 2 N–H and O–H groups in total. The number of aromatic nitrogens is 1. The summed E-state index contributed by atoms with van der Waals surface area (Å²) in [4.78, 5) is 28.1. The molecule has 3 rings (SSSR count). The Morgan fingerprint density at radius 2 is 1.79 bits per heavy atom. The first-order valence-corrected chi connectivity index (χ1v) is 8.94. The molecule has 5 heteroatoms. The number of nitrogens with zero attached hydrogens (tertiary/aromatic N) is 1. The summed E-state index contributed by atoms with van der Waals surface area (Å²) in [5, 5.41) is 5.67. The smallest absolute Gasteiger partial charge is 0.253 e. The van der Waals surface area contributed by atoms with E-state index in [0.29, 0.717) is 17.8 Å². The van der Waals surface area contributed by atoms with E-state index < -0.39 is 0 Å². The van der Waals surface area contributed by atoms with Crippen LogP contribution < -0.4 is 10.6 Å². The first kappa shape index (κ1) is 19.0. The summed E-state index contributed by atoms with van der Waals surface area (Å²) in [5.74, 6) is -0.368. The molecule has 0 aliphatic rings. The highest BCUT2D eigenvalue weighted by molar-refractivity contribution is 6.02. The van der Waals surface area contributed by atoms with Gasteiger partial charge in [-0.1, -0.05) is 36.4 Å². The second-order valence-electron chi connectivity index (χ2n) is 6.30. The predicted molar refractivity (Wildman–Crippen MR) is 111 cm³/mol. The van der Waals surface area contributed by atoms with Crippen LogP contribution in [0, 0.1) is 6.92 Å². The van der Waals surface area contributed by atoms with Crippen LogP contribution in [0.15, 0.2) is 79.1 Å². The number of anilines is 1. The highest BCUT2D eigenvalue weighted by atomic mass is 16.2. The summed E-state index contributed by atoms with van der Waals surface area (Å²) < 4.78 is 0. The van der Waals surface area contributed by atoms with Crippen molar-refractivity contribution in [1.29, 1.82) is 0 Å². The number of aryl methyl sites for hydroxylation is 1. The van der Waals surface area contributed by atoms with Crippen LogP contribution in [0.3, 0.4) is 0 Å². The lowest BCUT2D eigenvalue weighted by Crippen LogP contribution is -2.22. The zero-order chi connectivity index (χ0) is 19.8. The minimum atomic E-state index is -0.194. The van der Waals surface area contributed by atoms with Gasteiger partial charge in [-0.2, -0.15) is 0 Å². The van der Waals surface area contributed by atoms with Crippen LogP contribution in [0.5, 0.6) is 0 Å². The molecule has 2 amide bonds. The van der Waals surface area contributed by atoms with Gasteiger partial charge in [-0.15, -0.1) is 0 Å². The molecule has 5 nitrogen and oxygen atoms in total. The molecule has 0 unspecified atom stereocenters. The molecule has 28 heavy (non-hydrogen) atoms. The van der Waals surface area contributed by atoms with E-state index in [0.717, 1.165) is 16.7 Å². The minimum Gasteiger partial charge on any atom is -0.348 e. The van der Waals surface area contributed by atoms with Gasteiger partial charge in [-0.3, -0.25) is 14.6 Å². The number of rotatable bonds is 6. The normalized spacial score (nSPS) is 10.6. The highest BCUT2D eigenvalue weighted by Gasteiger charge is 2.05. The van der Waals surface area contributed by atoms with E-state index in [-0.39, 0.29) is 11.8 Å². The molecule has 1 heterocycles. The van der Waals surface area contributed by atoms with E-state index in [9.17, 15) is 9.59 Å². The zero-order valence-electron chi connectivity index (χ0n) is 15.6. The van der Waals surface area contributed by atoms with Gasteiger partial charge in [-0.25, -0.2) is 0 Å². The molecule has 2 aromatic carbocycles. The number of amides is 2. The third-order valence-corrected chi connectivity index (χ3v) is 4.20. The van der Waals surface area contributed by atoms with Gasteiger partial charge in [0, 0.05) is 30.7 Å². The Kier molecular flexibility index (Phi) is 6.31. The fourth-order valence-electron chi connectivity index (χ4n) is 2.61. The molecular weight excluding hydrogens is 350 g/mol. The van der Waals surface area contributed by atoms with Gasteiger partial charge in [0.2, 0.25) is 5.91 Å². The molecule has 0 bridgehead atoms. The van der Waals surface area contributed by atoms with Gasteiger partial charge in [0.25, 0.3) is 5.91 Å². The third kappa shape index (κ3) is 5.38. The average molecular weight is 371 g/mol. The van der Waals surface area contributed by atoms with E-state index >= 15 is 0 Å². The van der Waals surface area contributed by atoms with Gasteiger partial charge < -0.3 is 10.6 Å². The SMILES string of the molecule is Cc1ccccc1/C=C/C(=O)Nc1ccc(CNC(=O)c2cccnc2)cc1. The third-order valence-electron chi connectivity index (χ3n) is 4.20. The Morgan fingerprint density at radius 1 is 1.00 bits per heavy atom. The lowest BCUT2D eigenvalue weighted by atomic mass is 10.1. The molecule has 3 aromatic rings. The van der Waals surface area contributed by atoms with Gasteiger partial charge in [0.1, 0.15) is 0 Å². The molecule has 0 radical (unpaired) electrons. The van der Waals surface area contributed by atoms with Crippen LogP contribution in [0.1, 0.15) is 27.0 Å². The minimum absolute atomic E-state index is 0.174. The van der Waals surface area contributed by atoms with Crippen molar-refractivity contribution in [1.82, 2.24) is 10.3 Å². The first-order valence-electron chi connectivity index (χ1n) is 8.94. The van der Waals surface area contributed by atoms with Crippen molar-refractivity contribution in [3.8, 4) is 0 Å². The van der Waals surface area contributed by atoms with Crippen LogP contribution in [-0.4, -0.2) is 16.8 Å². The van der Waals surface area contributed by atoms with Gasteiger partial charge in [-0.05, 0) is 54.0 Å². The molecule has 0 spiro atoms. The number of hydrogen-bond donors (Lipinski definition) is 2. The number of carbonyl (C=O) groups excluding carboxylic acids is 2. The fraction of sp³-hybridized carbons (Fsp3) is 0.0870. The van der Waals surface area contributed by atoms with Crippen molar-refractivity contribution in [2.24, 2.45) is 0 Å². The molecule has 0 saturated heterocycles. The molecule has 0 atom stereocenters. The lowest BCUT2D eigenvalue weighted by molar-refractivity contribution is -0.111. The standard InChI is InChI=1S/C23H21N3O2/c1-17-5-2-3-6-19(17)10-13-22(27)26-21-11-8-18(9-12-21)15-25-23(28)20-7-4-14-24-16-20/h2-14,16H,15H2,1H3,(H,25,28)(H,26,27)/b13-10+. The second kappa shape index (κ2) is 9.28.